The molecule has 0 atom stereocenters. The molecule has 1 heteroatoms. The maximum atomic E-state index is 6.01. The van der Waals surface area contributed by atoms with Crippen LogP contribution in [0.25, 0.3) is 0 Å². The number of allylic oxidation sites excluding steroid dienone is 2. The van der Waals surface area contributed by atoms with Gasteiger partial charge < -0.3 is 0 Å². The molecule has 0 bridgehead atoms. The number of hydrogen-bond donors (Lipinski definition) is 0. The van der Waals surface area contributed by atoms with Crippen molar-refractivity contribution in [1.82, 2.24) is 0 Å². The predicted molar refractivity (Wildman–Crippen MR) is 106 cm³/mol. The van der Waals surface area contributed by atoms with Crippen LogP contribution in [0.4, 0.5) is 0 Å². The summed E-state index contributed by atoms with van der Waals surface area (Å²) in [6.07, 6.45) is 19.0. The van der Waals surface area contributed by atoms with E-state index in [0.29, 0.717) is 0 Å². The molecule has 0 amide bonds. The third-order valence-electron chi connectivity index (χ3n) is 6.53. The maximum Gasteiger partial charge on any atom is 0.0406 e. The summed E-state index contributed by atoms with van der Waals surface area (Å²) in [5.74, 6) is 3.65. The third kappa shape index (κ3) is 5.12. The van der Waals surface area contributed by atoms with Crippen molar-refractivity contribution in [2.24, 2.45) is 17.8 Å². The van der Waals surface area contributed by atoms with Crippen molar-refractivity contribution < 1.29 is 0 Å². The number of rotatable bonds is 5. The van der Waals surface area contributed by atoms with Crippen LogP contribution in [0.3, 0.4) is 0 Å². The van der Waals surface area contributed by atoms with Crippen LogP contribution in [-0.2, 0) is 0 Å². The van der Waals surface area contributed by atoms with E-state index in [-0.39, 0.29) is 0 Å². The molecular formula is C23H33Cl. The second-order valence-corrected chi connectivity index (χ2v) is 8.59. The van der Waals surface area contributed by atoms with Gasteiger partial charge in [0.1, 0.15) is 0 Å². The molecule has 2 saturated carbocycles. The first-order chi connectivity index (χ1) is 11.7. The molecule has 0 heterocycles. The van der Waals surface area contributed by atoms with Gasteiger partial charge in [-0.25, -0.2) is 0 Å². The highest BCUT2D eigenvalue weighted by Gasteiger charge is 2.24. The predicted octanol–water partition coefficient (Wildman–Crippen LogP) is 7.78. The van der Waals surface area contributed by atoms with E-state index in [1.807, 2.05) is 12.1 Å². The second-order valence-electron chi connectivity index (χ2n) is 8.15. The van der Waals surface area contributed by atoms with E-state index < -0.39 is 0 Å². The summed E-state index contributed by atoms with van der Waals surface area (Å²) in [5.41, 5.74) is 1.50. The molecule has 2 aliphatic rings. The Morgan fingerprint density at radius 1 is 0.833 bits per heavy atom. The van der Waals surface area contributed by atoms with Crippen LogP contribution >= 0.6 is 11.6 Å². The Labute approximate surface area is 153 Å². The largest absolute Gasteiger partial charge is 0.0914 e. The van der Waals surface area contributed by atoms with Crippen molar-refractivity contribution in [3.63, 3.8) is 0 Å². The van der Waals surface area contributed by atoms with Gasteiger partial charge in [0.25, 0.3) is 0 Å². The zero-order valence-electron chi connectivity index (χ0n) is 15.2. The average Bonchev–Trinajstić information content (AvgIpc) is 2.63. The molecule has 0 radical (unpaired) electrons. The fourth-order valence-corrected chi connectivity index (χ4v) is 5.06. The average molecular weight is 345 g/mol. The molecule has 24 heavy (non-hydrogen) atoms. The van der Waals surface area contributed by atoms with Gasteiger partial charge in [0, 0.05) is 5.02 Å². The molecule has 0 aromatic heterocycles. The van der Waals surface area contributed by atoms with Crippen LogP contribution in [0.2, 0.25) is 5.02 Å². The zero-order chi connectivity index (χ0) is 16.8. The number of hydrogen-bond acceptors (Lipinski definition) is 0. The summed E-state index contributed by atoms with van der Waals surface area (Å²) in [6.45, 7) is 2.16. The SMILES string of the molecule is CC=C[C@H]1CC[C@H](CC[C@H]2CC[C@H](c3ccc(Cl)cc3)CC2)CC1. The minimum atomic E-state index is 0.773. The standard InChI is InChI=1S/C23H33Cl/c1-2-3-18-4-6-19(7-5-18)8-9-20-10-12-21(13-11-20)22-14-16-23(24)17-15-22/h2-3,14-21H,4-13H2,1H3/t18-,19-,20-,21-. The first-order valence-electron chi connectivity index (χ1n) is 10.1. The lowest BCUT2D eigenvalue weighted by molar-refractivity contribution is 0.246. The molecular weight excluding hydrogens is 312 g/mol. The minimum Gasteiger partial charge on any atom is -0.0914 e. The summed E-state index contributed by atoms with van der Waals surface area (Å²) >= 11 is 6.01. The van der Waals surface area contributed by atoms with E-state index in [9.17, 15) is 0 Å². The Kier molecular flexibility index (Phi) is 6.84. The Morgan fingerprint density at radius 3 is 1.92 bits per heavy atom. The lowest BCUT2D eigenvalue weighted by Crippen LogP contribution is -2.17. The van der Waals surface area contributed by atoms with E-state index >= 15 is 0 Å². The van der Waals surface area contributed by atoms with Gasteiger partial charge in [-0.15, -0.1) is 0 Å². The maximum absolute atomic E-state index is 6.01. The van der Waals surface area contributed by atoms with Crippen molar-refractivity contribution in [2.75, 3.05) is 0 Å². The van der Waals surface area contributed by atoms with Crippen molar-refractivity contribution >= 4 is 11.6 Å². The molecule has 0 nitrogen and oxygen atoms in total. The topological polar surface area (TPSA) is 0 Å². The molecule has 2 aliphatic carbocycles. The van der Waals surface area contributed by atoms with Crippen LogP contribution in [0, 0.1) is 17.8 Å². The van der Waals surface area contributed by atoms with Gasteiger partial charge in [-0.1, -0.05) is 48.7 Å². The van der Waals surface area contributed by atoms with E-state index in [1.54, 1.807) is 0 Å². The summed E-state index contributed by atoms with van der Waals surface area (Å²) < 4.78 is 0. The Balaban J connectivity index is 1.36. The summed E-state index contributed by atoms with van der Waals surface area (Å²) in [5, 5.41) is 0.858. The lowest BCUT2D eigenvalue weighted by Gasteiger charge is -2.31. The van der Waals surface area contributed by atoms with Crippen molar-refractivity contribution in [3.05, 3.63) is 47.0 Å². The van der Waals surface area contributed by atoms with Gasteiger partial charge >= 0.3 is 0 Å². The molecule has 1 aromatic carbocycles. The molecule has 0 spiro atoms. The van der Waals surface area contributed by atoms with Gasteiger partial charge in [0.05, 0.1) is 0 Å². The van der Waals surface area contributed by atoms with Crippen molar-refractivity contribution in [1.29, 1.82) is 0 Å². The highest BCUT2D eigenvalue weighted by molar-refractivity contribution is 6.30. The quantitative estimate of drug-likeness (QED) is 0.478. The Bertz CT molecular complexity index is 499. The summed E-state index contributed by atoms with van der Waals surface area (Å²) in [4.78, 5) is 0. The lowest BCUT2D eigenvalue weighted by atomic mass is 9.74. The smallest absolute Gasteiger partial charge is 0.0406 e. The highest BCUT2D eigenvalue weighted by atomic mass is 35.5. The fourth-order valence-electron chi connectivity index (χ4n) is 4.93. The molecule has 1 aromatic rings. The van der Waals surface area contributed by atoms with E-state index in [1.165, 1.54) is 69.8 Å². The summed E-state index contributed by atoms with van der Waals surface area (Å²) in [6, 6.07) is 8.56. The van der Waals surface area contributed by atoms with Crippen LogP contribution < -0.4 is 0 Å². The molecule has 132 valence electrons. The fraction of sp³-hybridized carbons (Fsp3) is 0.652. The van der Waals surface area contributed by atoms with Crippen LogP contribution in [0.15, 0.2) is 36.4 Å². The van der Waals surface area contributed by atoms with Gasteiger partial charge in [0.15, 0.2) is 0 Å². The number of halogens is 1. The van der Waals surface area contributed by atoms with E-state index in [2.05, 4.69) is 31.2 Å². The second kappa shape index (κ2) is 9.09. The van der Waals surface area contributed by atoms with E-state index in [4.69, 9.17) is 11.6 Å². The third-order valence-corrected chi connectivity index (χ3v) is 6.78. The highest BCUT2D eigenvalue weighted by Crippen LogP contribution is 2.40. The molecule has 0 saturated heterocycles. The van der Waals surface area contributed by atoms with Gasteiger partial charge in [-0.2, -0.15) is 0 Å². The molecule has 0 N–H and O–H groups in total. The van der Waals surface area contributed by atoms with Gasteiger partial charge in [-0.05, 0) is 99.7 Å². The number of benzene rings is 1. The first kappa shape index (κ1) is 18.1. The molecule has 3 rings (SSSR count). The monoisotopic (exact) mass is 344 g/mol. The van der Waals surface area contributed by atoms with Crippen LogP contribution in [-0.4, -0.2) is 0 Å². The Hall–Kier alpha value is -0.750. The van der Waals surface area contributed by atoms with Crippen molar-refractivity contribution in [3.8, 4) is 0 Å². The first-order valence-corrected chi connectivity index (χ1v) is 10.5. The van der Waals surface area contributed by atoms with E-state index in [0.717, 1.165) is 28.7 Å². The van der Waals surface area contributed by atoms with Crippen LogP contribution in [0.1, 0.15) is 82.6 Å². The molecule has 0 unspecified atom stereocenters. The minimum absolute atomic E-state index is 0.773. The van der Waals surface area contributed by atoms with Gasteiger partial charge in [-0.3, -0.25) is 0 Å². The van der Waals surface area contributed by atoms with Gasteiger partial charge in [0.2, 0.25) is 0 Å². The molecule has 0 aliphatic heterocycles. The van der Waals surface area contributed by atoms with Crippen molar-refractivity contribution in [2.45, 2.75) is 77.0 Å². The van der Waals surface area contributed by atoms with Crippen LogP contribution in [0.5, 0.6) is 0 Å². The Morgan fingerprint density at radius 2 is 1.38 bits per heavy atom. The zero-order valence-corrected chi connectivity index (χ0v) is 16.0. The molecule has 2 fully saturated rings. The summed E-state index contributed by atoms with van der Waals surface area (Å²) in [7, 11) is 0. The normalized spacial score (nSPS) is 31.4.